The van der Waals surface area contributed by atoms with E-state index in [-0.39, 0.29) is 18.4 Å². The van der Waals surface area contributed by atoms with Crippen molar-refractivity contribution in [1.29, 1.82) is 0 Å². The van der Waals surface area contributed by atoms with Crippen LogP contribution in [0.2, 0.25) is 5.02 Å². The minimum absolute atomic E-state index is 0.256. The molecule has 0 saturated heterocycles. The van der Waals surface area contributed by atoms with E-state index in [2.05, 4.69) is 5.32 Å². The number of rotatable bonds is 6. The Hall–Kier alpha value is -1.10. The molecule has 2 unspecified atom stereocenters. The molecule has 0 amide bonds. The number of nitrogens with one attached hydrogen (secondary N) is 1. The second-order valence-electron chi connectivity index (χ2n) is 5.39. The Morgan fingerprint density at radius 1 is 1.55 bits per heavy atom. The van der Waals surface area contributed by atoms with Crippen molar-refractivity contribution in [2.45, 2.75) is 31.4 Å². The lowest BCUT2D eigenvalue weighted by atomic mass is 9.95. The standard InChI is InChI=1S/C15H20ClNO3/c1-15(10-7-8-10,14(19)20-2)17-9-13(18)11-5-3-4-6-12(11)16/h3-6,10,13,17-18H,7-9H2,1-2H3. The van der Waals surface area contributed by atoms with Gasteiger partial charge in [-0.2, -0.15) is 0 Å². The van der Waals surface area contributed by atoms with E-state index < -0.39 is 11.6 Å². The molecule has 2 rings (SSSR count). The molecule has 110 valence electrons. The molecule has 20 heavy (non-hydrogen) atoms. The van der Waals surface area contributed by atoms with E-state index in [4.69, 9.17) is 16.3 Å². The summed E-state index contributed by atoms with van der Waals surface area (Å²) in [6.45, 7) is 2.08. The van der Waals surface area contributed by atoms with Gasteiger partial charge in [0.25, 0.3) is 0 Å². The smallest absolute Gasteiger partial charge is 0.326 e. The van der Waals surface area contributed by atoms with Crippen molar-refractivity contribution < 1.29 is 14.6 Å². The van der Waals surface area contributed by atoms with Crippen molar-refractivity contribution in [1.82, 2.24) is 5.32 Å². The molecule has 0 aliphatic heterocycles. The van der Waals surface area contributed by atoms with Crippen molar-refractivity contribution in [2.75, 3.05) is 13.7 Å². The highest BCUT2D eigenvalue weighted by atomic mass is 35.5. The molecule has 1 aliphatic rings. The number of halogens is 1. The summed E-state index contributed by atoms with van der Waals surface area (Å²) in [6.07, 6.45) is 1.24. The van der Waals surface area contributed by atoms with Crippen LogP contribution in [-0.4, -0.2) is 30.3 Å². The van der Waals surface area contributed by atoms with Gasteiger partial charge in [0.1, 0.15) is 5.54 Å². The predicted octanol–water partition coefficient (Wildman–Crippen LogP) is 2.30. The fraction of sp³-hybridized carbons (Fsp3) is 0.533. The van der Waals surface area contributed by atoms with E-state index in [0.29, 0.717) is 10.6 Å². The lowest BCUT2D eigenvalue weighted by molar-refractivity contribution is -0.149. The molecule has 2 N–H and O–H groups in total. The van der Waals surface area contributed by atoms with Crippen molar-refractivity contribution >= 4 is 17.6 Å². The summed E-state index contributed by atoms with van der Waals surface area (Å²) in [7, 11) is 1.38. The maximum atomic E-state index is 11.9. The highest BCUT2D eigenvalue weighted by Gasteiger charge is 2.48. The zero-order valence-electron chi connectivity index (χ0n) is 11.7. The average molecular weight is 298 g/mol. The number of ether oxygens (including phenoxy) is 1. The van der Waals surface area contributed by atoms with Gasteiger partial charge < -0.3 is 9.84 Å². The summed E-state index contributed by atoms with van der Waals surface area (Å²) in [6, 6.07) is 7.15. The summed E-state index contributed by atoms with van der Waals surface area (Å²) in [4.78, 5) is 11.9. The number of β-amino-alcohol motifs (C(OH)–C–C–N with tert-alkyl or cyclic N) is 1. The number of carbonyl (C=O) groups is 1. The molecular formula is C15H20ClNO3. The highest BCUT2D eigenvalue weighted by Crippen LogP contribution is 2.40. The van der Waals surface area contributed by atoms with Gasteiger partial charge in [0.15, 0.2) is 0 Å². The zero-order chi connectivity index (χ0) is 14.8. The summed E-state index contributed by atoms with van der Waals surface area (Å²) in [5, 5.41) is 13.9. The third kappa shape index (κ3) is 3.14. The van der Waals surface area contributed by atoms with Gasteiger partial charge in [-0.15, -0.1) is 0 Å². The van der Waals surface area contributed by atoms with Gasteiger partial charge in [-0.25, -0.2) is 0 Å². The third-order valence-electron chi connectivity index (χ3n) is 3.93. The average Bonchev–Trinajstić information content (AvgIpc) is 3.29. The summed E-state index contributed by atoms with van der Waals surface area (Å²) in [5.41, 5.74) is -0.0820. The van der Waals surface area contributed by atoms with Crippen LogP contribution < -0.4 is 5.32 Å². The minimum Gasteiger partial charge on any atom is -0.468 e. The number of hydrogen-bond donors (Lipinski definition) is 2. The first-order chi connectivity index (χ1) is 9.49. The number of hydrogen-bond acceptors (Lipinski definition) is 4. The quantitative estimate of drug-likeness (QED) is 0.791. The molecule has 2 atom stereocenters. The van der Waals surface area contributed by atoms with E-state index in [1.54, 1.807) is 12.1 Å². The van der Waals surface area contributed by atoms with Crippen LogP contribution in [0.25, 0.3) is 0 Å². The van der Waals surface area contributed by atoms with Crippen LogP contribution in [0.3, 0.4) is 0 Å². The second-order valence-corrected chi connectivity index (χ2v) is 5.79. The van der Waals surface area contributed by atoms with Crippen molar-refractivity contribution in [3.8, 4) is 0 Å². The van der Waals surface area contributed by atoms with Crippen molar-refractivity contribution in [2.24, 2.45) is 5.92 Å². The lowest BCUT2D eigenvalue weighted by Crippen LogP contribution is -2.53. The molecule has 0 heterocycles. The molecule has 4 nitrogen and oxygen atoms in total. The van der Waals surface area contributed by atoms with Gasteiger partial charge in [-0.05, 0) is 31.7 Å². The SMILES string of the molecule is COC(=O)C(C)(NCC(O)c1ccccc1Cl)C1CC1. The van der Waals surface area contributed by atoms with Gasteiger partial charge in [0.05, 0.1) is 13.2 Å². The Kier molecular flexibility index (Phi) is 4.68. The summed E-state index contributed by atoms with van der Waals surface area (Å²) in [5.74, 6) is -0.0141. The van der Waals surface area contributed by atoms with Crippen LogP contribution in [0.15, 0.2) is 24.3 Å². The van der Waals surface area contributed by atoms with E-state index in [0.717, 1.165) is 12.8 Å². The lowest BCUT2D eigenvalue weighted by Gasteiger charge is -2.29. The first-order valence-electron chi connectivity index (χ1n) is 6.75. The van der Waals surface area contributed by atoms with Gasteiger partial charge in [-0.3, -0.25) is 10.1 Å². The first kappa shape index (κ1) is 15.3. The Balaban J connectivity index is 2.03. The van der Waals surface area contributed by atoms with Gasteiger partial charge in [0, 0.05) is 17.1 Å². The maximum absolute atomic E-state index is 11.9. The largest absolute Gasteiger partial charge is 0.468 e. The predicted molar refractivity (Wildman–Crippen MR) is 77.6 cm³/mol. The number of carbonyl (C=O) groups excluding carboxylic acids is 1. The molecular weight excluding hydrogens is 278 g/mol. The first-order valence-corrected chi connectivity index (χ1v) is 7.12. The molecule has 5 heteroatoms. The number of esters is 1. The number of aliphatic hydroxyl groups excluding tert-OH is 1. The van der Waals surface area contributed by atoms with Crippen molar-refractivity contribution in [3.05, 3.63) is 34.9 Å². The Labute approximate surface area is 124 Å². The maximum Gasteiger partial charge on any atom is 0.326 e. The Morgan fingerprint density at radius 2 is 2.20 bits per heavy atom. The number of benzene rings is 1. The molecule has 1 aromatic carbocycles. The van der Waals surface area contributed by atoms with Crippen LogP contribution in [0.5, 0.6) is 0 Å². The molecule has 1 aliphatic carbocycles. The highest BCUT2D eigenvalue weighted by molar-refractivity contribution is 6.31. The third-order valence-corrected chi connectivity index (χ3v) is 4.27. The van der Waals surface area contributed by atoms with E-state index in [1.807, 2.05) is 19.1 Å². The molecule has 0 radical (unpaired) electrons. The van der Waals surface area contributed by atoms with Crippen LogP contribution >= 0.6 is 11.6 Å². The number of aliphatic hydroxyl groups is 1. The van der Waals surface area contributed by atoms with E-state index in [9.17, 15) is 9.90 Å². The summed E-state index contributed by atoms with van der Waals surface area (Å²) >= 11 is 6.05. The summed E-state index contributed by atoms with van der Waals surface area (Å²) < 4.78 is 4.87. The van der Waals surface area contributed by atoms with Crippen molar-refractivity contribution in [3.63, 3.8) is 0 Å². The molecule has 0 spiro atoms. The van der Waals surface area contributed by atoms with Crippen LogP contribution in [-0.2, 0) is 9.53 Å². The van der Waals surface area contributed by atoms with Gasteiger partial charge in [-0.1, -0.05) is 29.8 Å². The van der Waals surface area contributed by atoms with E-state index in [1.165, 1.54) is 7.11 Å². The molecule has 1 saturated carbocycles. The van der Waals surface area contributed by atoms with Crippen LogP contribution in [0.4, 0.5) is 0 Å². The van der Waals surface area contributed by atoms with Crippen LogP contribution in [0, 0.1) is 5.92 Å². The molecule has 1 aromatic rings. The molecule has 0 aromatic heterocycles. The normalized spacial score (nSPS) is 19.2. The van der Waals surface area contributed by atoms with E-state index >= 15 is 0 Å². The van der Waals surface area contributed by atoms with Crippen LogP contribution in [0.1, 0.15) is 31.4 Å². The zero-order valence-corrected chi connectivity index (χ0v) is 12.5. The van der Waals surface area contributed by atoms with Gasteiger partial charge in [0.2, 0.25) is 0 Å². The second kappa shape index (κ2) is 6.12. The minimum atomic E-state index is -0.758. The Bertz CT molecular complexity index is 490. The monoisotopic (exact) mass is 297 g/mol. The number of methoxy groups -OCH3 is 1. The fourth-order valence-corrected chi connectivity index (χ4v) is 2.68. The Morgan fingerprint density at radius 3 is 2.75 bits per heavy atom. The molecule has 1 fully saturated rings. The topological polar surface area (TPSA) is 58.6 Å². The van der Waals surface area contributed by atoms with Gasteiger partial charge >= 0.3 is 5.97 Å². The fourth-order valence-electron chi connectivity index (χ4n) is 2.42. The molecule has 0 bridgehead atoms.